The Bertz CT molecular complexity index is 1630. The molecule has 1 atom stereocenters. The van der Waals surface area contributed by atoms with E-state index in [0.29, 0.717) is 13.2 Å². The Morgan fingerprint density at radius 1 is 0.976 bits per heavy atom. The molecular weight excluding hydrogens is 530 g/mol. The van der Waals surface area contributed by atoms with E-state index in [0.717, 1.165) is 48.9 Å². The highest BCUT2D eigenvalue weighted by atomic mass is 32.1. The van der Waals surface area contributed by atoms with Gasteiger partial charge in [0, 0.05) is 35.9 Å². The van der Waals surface area contributed by atoms with Gasteiger partial charge >= 0.3 is 0 Å². The Balaban J connectivity index is 1.58. The summed E-state index contributed by atoms with van der Waals surface area (Å²) in [5.74, 6) is 0.587. The Morgan fingerprint density at radius 2 is 1.71 bits per heavy atom. The number of anilines is 2. The molecule has 0 bridgehead atoms. The van der Waals surface area contributed by atoms with Crippen LogP contribution in [0.3, 0.4) is 0 Å². The van der Waals surface area contributed by atoms with E-state index < -0.39 is 0 Å². The fraction of sp³-hybridized carbons (Fsp3) is 0.182. The fourth-order valence-electron chi connectivity index (χ4n) is 4.66. The lowest BCUT2D eigenvalue weighted by molar-refractivity contribution is -0.111. The van der Waals surface area contributed by atoms with Gasteiger partial charge in [0.15, 0.2) is 0 Å². The van der Waals surface area contributed by atoms with Crippen molar-refractivity contribution in [3.05, 3.63) is 109 Å². The number of thiophene rings is 1. The Morgan fingerprint density at radius 3 is 2.44 bits per heavy atom. The number of benzene rings is 3. The number of likely N-dealkylation sites (N-methyl/N-ethyl adjacent to an activating group) is 1. The maximum atomic E-state index is 12.5. The quantitative estimate of drug-likeness (QED) is 0.171. The number of fused-ring (bicyclic) bond motifs is 1. The molecule has 0 aliphatic rings. The molecule has 208 valence electrons. The highest BCUT2D eigenvalue weighted by Crippen LogP contribution is 2.46. The van der Waals surface area contributed by atoms with Gasteiger partial charge in [-0.05, 0) is 42.9 Å². The Hall–Kier alpha value is -4.37. The normalized spacial score (nSPS) is 12.2. The number of ether oxygens (including phenoxy) is 1. The van der Waals surface area contributed by atoms with E-state index in [1.807, 2.05) is 79.7 Å². The standard InChI is InChI=1S/C33H33N5O2S/c1-38(2)19-11-18-28(39)36-26-17-10-16-25(20-26)31-29(24-14-8-5-9-15-24)30-32(34-22-35-33(30)41-31)37-27(21-40-3)23-12-6-4-7-13-23/h4-18,20,22,27H,19,21H2,1-3H3,(H,36,39)(H,34,35,37)/t27-/m1/s1. The number of aromatic nitrogens is 2. The molecule has 0 aliphatic heterocycles. The molecule has 0 aliphatic carbocycles. The van der Waals surface area contributed by atoms with Crippen LogP contribution in [0.25, 0.3) is 31.8 Å². The summed E-state index contributed by atoms with van der Waals surface area (Å²) in [5, 5.41) is 7.59. The maximum Gasteiger partial charge on any atom is 0.248 e. The third-order valence-electron chi connectivity index (χ3n) is 6.53. The van der Waals surface area contributed by atoms with Crippen LogP contribution in [0, 0.1) is 0 Å². The Kier molecular flexibility index (Phi) is 9.15. The average molecular weight is 564 g/mol. The van der Waals surface area contributed by atoms with E-state index in [-0.39, 0.29) is 11.9 Å². The lowest BCUT2D eigenvalue weighted by atomic mass is 9.99. The molecule has 0 radical (unpaired) electrons. The van der Waals surface area contributed by atoms with Crippen molar-refractivity contribution in [2.24, 2.45) is 0 Å². The zero-order valence-corrected chi connectivity index (χ0v) is 24.2. The van der Waals surface area contributed by atoms with Crippen molar-refractivity contribution in [1.29, 1.82) is 0 Å². The van der Waals surface area contributed by atoms with Gasteiger partial charge in [-0.25, -0.2) is 9.97 Å². The highest BCUT2D eigenvalue weighted by molar-refractivity contribution is 7.22. The van der Waals surface area contributed by atoms with Crippen molar-refractivity contribution in [2.45, 2.75) is 6.04 Å². The summed E-state index contributed by atoms with van der Waals surface area (Å²) in [6, 6.07) is 28.4. The van der Waals surface area contributed by atoms with Crippen molar-refractivity contribution >= 4 is 39.0 Å². The molecule has 0 saturated heterocycles. The number of amides is 1. The second-order valence-corrected chi connectivity index (χ2v) is 10.9. The van der Waals surface area contributed by atoms with Crippen LogP contribution < -0.4 is 10.6 Å². The zero-order valence-electron chi connectivity index (χ0n) is 23.4. The maximum absolute atomic E-state index is 12.5. The van der Waals surface area contributed by atoms with E-state index in [1.165, 1.54) is 0 Å². The van der Waals surface area contributed by atoms with Gasteiger partial charge in [-0.15, -0.1) is 11.3 Å². The lowest BCUT2D eigenvalue weighted by Crippen LogP contribution is -2.17. The SMILES string of the molecule is COC[C@@H](Nc1ncnc2sc(-c3cccc(NC(=O)C=CCN(C)C)c3)c(-c3ccccc3)c12)c1ccccc1. The van der Waals surface area contributed by atoms with Crippen LogP contribution >= 0.6 is 11.3 Å². The van der Waals surface area contributed by atoms with Gasteiger partial charge in [-0.1, -0.05) is 78.9 Å². The predicted octanol–water partition coefficient (Wildman–Crippen LogP) is 6.88. The second-order valence-electron chi connectivity index (χ2n) is 9.87. The predicted molar refractivity (Wildman–Crippen MR) is 169 cm³/mol. The van der Waals surface area contributed by atoms with E-state index in [4.69, 9.17) is 9.72 Å². The first-order chi connectivity index (χ1) is 20.0. The summed E-state index contributed by atoms with van der Waals surface area (Å²) >= 11 is 1.61. The number of methoxy groups -OCH3 is 1. The van der Waals surface area contributed by atoms with Gasteiger partial charge in [0.25, 0.3) is 0 Å². The molecule has 3 aromatic carbocycles. The smallest absolute Gasteiger partial charge is 0.248 e. The molecule has 2 heterocycles. The minimum atomic E-state index is -0.161. The van der Waals surface area contributed by atoms with Crippen LogP contribution in [0.1, 0.15) is 11.6 Å². The third-order valence-corrected chi connectivity index (χ3v) is 7.68. The molecule has 0 spiro atoms. The van der Waals surface area contributed by atoms with Crippen LogP contribution in [0.15, 0.2) is 103 Å². The fourth-order valence-corrected chi connectivity index (χ4v) is 5.82. The first-order valence-corrected chi connectivity index (χ1v) is 14.2. The molecule has 0 fully saturated rings. The molecule has 5 rings (SSSR count). The monoisotopic (exact) mass is 563 g/mol. The van der Waals surface area contributed by atoms with E-state index >= 15 is 0 Å². The third kappa shape index (κ3) is 6.86. The molecule has 2 N–H and O–H groups in total. The van der Waals surface area contributed by atoms with Crippen LogP contribution in [0.2, 0.25) is 0 Å². The summed E-state index contributed by atoms with van der Waals surface area (Å²) in [6.07, 6.45) is 5.02. The average Bonchev–Trinajstić information content (AvgIpc) is 3.38. The summed E-state index contributed by atoms with van der Waals surface area (Å²) in [7, 11) is 5.63. The van der Waals surface area contributed by atoms with E-state index in [9.17, 15) is 4.79 Å². The molecule has 0 unspecified atom stereocenters. The van der Waals surface area contributed by atoms with Crippen molar-refractivity contribution in [3.63, 3.8) is 0 Å². The minimum Gasteiger partial charge on any atom is -0.382 e. The van der Waals surface area contributed by atoms with Gasteiger partial charge in [0.2, 0.25) is 5.91 Å². The molecule has 41 heavy (non-hydrogen) atoms. The van der Waals surface area contributed by atoms with Gasteiger partial charge in [-0.2, -0.15) is 0 Å². The van der Waals surface area contributed by atoms with Crippen LogP contribution in [-0.2, 0) is 9.53 Å². The number of hydrogen-bond acceptors (Lipinski definition) is 7. The summed E-state index contributed by atoms with van der Waals surface area (Å²) < 4.78 is 5.57. The molecule has 7 nitrogen and oxygen atoms in total. The molecule has 2 aromatic heterocycles. The number of rotatable bonds is 11. The Labute approximate surface area is 244 Å². The van der Waals surface area contributed by atoms with Gasteiger partial charge in [0.1, 0.15) is 17.0 Å². The summed E-state index contributed by atoms with van der Waals surface area (Å²) in [6.45, 7) is 1.18. The molecule has 1 amide bonds. The number of hydrogen-bond donors (Lipinski definition) is 2. The minimum absolute atomic E-state index is 0.0923. The van der Waals surface area contributed by atoms with Gasteiger partial charge < -0.3 is 20.3 Å². The van der Waals surface area contributed by atoms with Crippen LogP contribution in [0.4, 0.5) is 11.5 Å². The van der Waals surface area contributed by atoms with Crippen LogP contribution in [0.5, 0.6) is 0 Å². The van der Waals surface area contributed by atoms with Gasteiger partial charge in [0.05, 0.1) is 18.0 Å². The highest BCUT2D eigenvalue weighted by Gasteiger charge is 2.22. The number of nitrogens with zero attached hydrogens (tertiary/aromatic N) is 3. The van der Waals surface area contributed by atoms with Crippen LogP contribution in [-0.4, -0.2) is 55.1 Å². The molecule has 8 heteroatoms. The molecule has 5 aromatic rings. The number of nitrogens with one attached hydrogen (secondary N) is 2. The van der Waals surface area contributed by atoms with Gasteiger partial charge in [-0.3, -0.25) is 4.79 Å². The number of carbonyl (C=O) groups is 1. The second kappa shape index (κ2) is 13.3. The summed E-state index contributed by atoms with van der Waals surface area (Å²) in [5.41, 5.74) is 4.94. The largest absolute Gasteiger partial charge is 0.382 e. The van der Waals surface area contributed by atoms with Crippen molar-refractivity contribution < 1.29 is 9.53 Å². The molecule has 0 saturated carbocycles. The van der Waals surface area contributed by atoms with E-state index in [1.54, 1.807) is 30.8 Å². The van der Waals surface area contributed by atoms with Crippen molar-refractivity contribution in [1.82, 2.24) is 14.9 Å². The topological polar surface area (TPSA) is 79.4 Å². The van der Waals surface area contributed by atoms with E-state index in [2.05, 4.69) is 45.9 Å². The lowest BCUT2D eigenvalue weighted by Gasteiger charge is -2.20. The zero-order chi connectivity index (χ0) is 28.6. The van der Waals surface area contributed by atoms with Crippen molar-refractivity contribution in [3.8, 4) is 21.6 Å². The molecular formula is C33H33N5O2S. The first kappa shape index (κ1) is 28.2. The van der Waals surface area contributed by atoms with Crippen molar-refractivity contribution in [2.75, 3.05) is 45.0 Å². The summed E-state index contributed by atoms with van der Waals surface area (Å²) in [4.78, 5) is 25.8. The number of carbonyl (C=O) groups excluding carboxylic acids is 1. The first-order valence-electron chi connectivity index (χ1n) is 13.4.